The number of hydrogen-bond donors (Lipinski definition) is 1. The van der Waals surface area contributed by atoms with E-state index in [0.717, 1.165) is 23.0 Å². The van der Waals surface area contributed by atoms with Crippen LogP contribution in [0.2, 0.25) is 0 Å². The molecule has 1 fully saturated rings. The van der Waals surface area contributed by atoms with E-state index in [9.17, 15) is 13.2 Å². The standard InChI is InChI=1S/C17H27N3O4S.ClH/c1-13(2)24-16-6-5-15(11-14(16)3)25(22,23)19(4)12-17(21)20-9-7-18-8-10-20;/h5-6,11,13,18H,7-10,12H2,1-4H3;1H. The van der Waals surface area contributed by atoms with Gasteiger partial charge in [-0.3, -0.25) is 4.79 Å². The molecule has 0 aliphatic carbocycles. The molecular weight excluding hydrogens is 378 g/mol. The normalized spacial score (nSPS) is 15.1. The fraction of sp³-hybridized carbons (Fsp3) is 0.588. The van der Waals surface area contributed by atoms with E-state index in [4.69, 9.17) is 4.74 Å². The molecule has 1 aromatic rings. The SMILES string of the molecule is Cc1cc(S(=O)(=O)N(C)CC(=O)N2CCNCC2)ccc1OC(C)C.Cl. The van der Waals surface area contributed by atoms with Crippen molar-refractivity contribution in [2.24, 2.45) is 0 Å². The van der Waals surface area contributed by atoms with Crippen LogP contribution in [0.15, 0.2) is 23.1 Å². The van der Waals surface area contributed by atoms with Crippen molar-refractivity contribution in [2.75, 3.05) is 39.8 Å². The molecule has 1 aliphatic heterocycles. The van der Waals surface area contributed by atoms with E-state index in [-0.39, 0.29) is 35.9 Å². The number of benzene rings is 1. The monoisotopic (exact) mass is 405 g/mol. The summed E-state index contributed by atoms with van der Waals surface area (Å²) in [5.74, 6) is 0.484. The molecule has 1 aliphatic rings. The summed E-state index contributed by atoms with van der Waals surface area (Å²) in [5.41, 5.74) is 0.747. The smallest absolute Gasteiger partial charge is 0.243 e. The van der Waals surface area contributed by atoms with Gasteiger partial charge in [-0.2, -0.15) is 4.31 Å². The second kappa shape index (κ2) is 9.55. The van der Waals surface area contributed by atoms with Crippen molar-refractivity contribution >= 4 is 28.3 Å². The summed E-state index contributed by atoms with van der Waals surface area (Å²) in [6.07, 6.45) is 0.0143. The van der Waals surface area contributed by atoms with Gasteiger partial charge in [0.25, 0.3) is 0 Å². The van der Waals surface area contributed by atoms with Crippen LogP contribution >= 0.6 is 12.4 Å². The third-order valence-electron chi connectivity index (χ3n) is 4.04. The highest BCUT2D eigenvalue weighted by Crippen LogP contribution is 2.24. The lowest BCUT2D eigenvalue weighted by Gasteiger charge is -2.29. The summed E-state index contributed by atoms with van der Waals surface area (Å²) in [6.45, 7) is 8.16. The number of halogens is 1. The molecule has 0 radical (unpaired) electrons. The third-order valence-corrected chi connectivity index (χ3v) is 5.84. The molecular formula is C17H28ClN3O4S. The molecule has 9 heteroatoms. The first-order chi connectivity index (χ1) is 11.7. The number of piperazine rings is 1. The molecule has 26 heavy (non-hydrogen) atoms. The van der Waals surface area contributed by atoms with E-state index < -0.39 is 10.0 Å². The van der Waals surface area contributed by atoms with Crippen LogP contribution in [0.4, 0.5) is 0 Å². The molecule has 2 rings (SSSR count). The van der Waals surface area contributed by atoms with Crippen LogP contribution in [-0.2, 0) is 14.8 Å². The van der Waals surface area contributed by atoms with Crippen LogP contribution < -0.4 is 10.1 Å². The first kappa shape index (κ1) is 22.7. The molecule has 7 nitrogen and oxygen atoms in total. The summed E-state index contributed by atoms with van der Waals surface area (Å²) >= 11 is 0. The molecule has 1 heterocycles. The predicted octanol–water partition coefficient (Wildman–Crippen LogP) is 1.26. The van der Waals surface area contributed by atoms with Crippen LogP contribution in [0.3, 0.4) is 0 Å². The minimum atomic E-state index is -3.73. The Morgan fingerprint density at radius 2 is 1.92 bits per heavy atom. The van der Waals surface area contributed by atoms with Gasteiger partial charge in [0.2, 0.25) is 15.9 Å². The zero-order valence-electron chi connectivity index (χ0n) is 15.7. The fourth-order valence-corrected chi connectivity index (χ4v) is 3.84. The van der Waals surface area contributed by atoms with Gasteiger partial charge in [-0.25, -0.2) is 8.42 Å². The molecule has 0 bridgehead atoms. The van der Waals surface area contributed by atoms with Crippen LogP contribution in [0.1, 0.15) is 19.4 Å². The number of hydrogen-bond acceptors (Lipinski definition) is 5. The summed E-state index contributed by atoms with van der Waals surface area (Å²) < 4.78 is 32.2. The molecule has 0 unspecified atom stereocenters. The quantitative estimate of drug-likeness (QED) is 0.770. The zero-order chi connectivity index (χ0) is 18.6. The van der Waals surface area contributed by atoms with Crippen molar-refractivity contribution in [3.8, 4) is 5.75 Å². The highest BCUT2D eigenvalue weighted by Gasteiger charge is 2.26. The molecule has 0 aromatic heterocycles. The van der Waals surface area contributed by atoms with Crippen molar-refractivity contribution in [3.63, 3.8) is 0 Å². The van der Waals surface area contributed by atoms with Crippen LogP contribution in [0, 0.1) is 6.92 Å². The Bertz CT molecular complexity index is 719. The number of rotatable bonds is 6. The largest absolute Gasteiger partial charge is 0.491 e. The van der Waals surface area contributed by atoms with Gasteiger partial charge < -0.3 is 15.0 Å². The molecule has 148 valence electrons. The number of sulfonamides is 1. The number of nitrogens with zero attached hydrogens (tertiary/aromatic N) is 2. The first-order valence-electron chi connectivity index (χ1n) is 8.44. The summed E-state index contributed by atoms with van der Waals surface area (Å²) in [7, 11) is -2.29. The average molecular weight is 406 g/mol. The highest BCUT2D eigenvalue weighted by molar-refractivity contribution is 7.89. The Morgan fingerprint density at radius 1 is 1.31 bits per heavy atom. The Balaban J connectivity index is 0.00000338. The van der Waals surface area contributed by atoms with Gasteiger partial charge in [-0.15, -0.1) is 12.4 Å². The predicted molar refractivity (Wildman–Crippen MR) is 103 cm³/mol. The van der Waals surface area contributed by atoms with E-state index in [2.05, 4.69) is 5.32 Å². The number of nitrogens with one attached hydrogen (secondary N) is 1. The maximum absolute atomic E-state index is 12.7. The van der Waals surface area contributed by atoms with E-state index in [0.29, 0.717) is 18.8 Å². The maximum atomic E-state index is 12.7. The average Bonchev–Trinajstić information content (AvgIpc) is 2.56. The maximum Gasteiger partial charge on any atom is 0.243 e. The Hall–Kier alpha value is -1.35. The van der Waals surface area contributed by atoms with Gasteiger partial charge in [0.15, 0.2) is 0 Å². The number of carbonyl (C=O) groups excluding carboxylic acids is 1. The lowest BCUT2D eigenvalue weighted by molar-refractivity contribution is -0.131. The van der Waals surface area contributed by atoms with Gasteiger partial charge in [0, 0.05) is 33.2 Å². The number of ether oxygens (including phenoxy) is 1. The zero-order valence-corrected chi connectivity index (χ0v) is 17.3. The van der Waals surface area contributed by atoms with Gasteiger partial charge in [0.05, 0.1) is 17.5 Å². The van der Waals surface area contributed by atoms with Crippen molar-refractivity contribution in [2.45, 2.75) is 31.8 Å². The van der Waals surface area contributed by atoms with Gasteiger partial charge >= 0.3 is 0 Å². The molecule has 1 saturated heterocycles. The second-order valence-electron chi connectivity index (χ2n) is 6.49. The minimum absolute atomic E-state index is 0. The number of amides is 1. The Kier molecular flexibility index (Phi) is 8.33. The Morgan fingerprint density at radius 3 is 2.46 bits per heavy atom. The van der Waals surface area contributed by atoms with Gasteiger partial charge in [0.1, 0.15) is 5.75 Å². The van der Waals surface area contributed by atoms with Gasteiger partial charge in [-0.05, 0) is 44.5 Å². The minimum Gasteiger partial charge on any atom is -0.491 e. The van der Waals surface area contributed by atoms with E-state index in [1.165, 1.54) is 13.1 Å². The fourth-order valence-electron chi connectivity index (χ4n) is 2.64. The van der Waals surface area contributed by atoms with Crippen molar-refractivity contribution < 1.29 is 17.9 Å². The molecule has 0 atom stereocenters. The van der Waals surface area contributed by atoms with E-state index in [1.807, 2.05) is 20.8 Å². The van der Waals surface area contributed by atoms with Gasteiger partial charge in [-0.1, -0.05) is 0 Å². The number of likely N-dealkylation sites (N-methyl/N-ethyl adjacent to an activating group) is 1. The number of aryl methyl sites for hydroxylation is 1. The first-order valence-corrected chi connectivity index (χ1v) is 9.88. The summed E-state index contributed by atoms with van der Waals surface area (Å²) in [4.78, 5) is 14.2. The van der Waals surface area contributed by atoms with Crippen molar-refractivity contribution in [3.05, 3.63) is 23.8 Å². The highest BCUT2D eigenvalue weighted by atomic mass is 35.5. The lowest BCUT2D eigenvalue weighted by Crippen LogP contribution is -2.49. The van der Waals surface area contributed by atoms with Crippen molar-refractivity contribution in [1.82, 2.24) is 14.5 Å². The molecule has 0 spiro atoms. The van der Waals surface area contributed by atoms with E-state index >= 15 is 0 Å². The van der Waals surface area contributed by atoms with E-state index in [1.54, 1.807) is 17.0 Å². The molecule has 1 aromatic carbocycles. The Labute approximate surface area is 162 Å². The molecule has 1 N–H and O–H groups in total. The molecule has 0 saturated carbocycles. The topological polar surface area (TPSA) is 79.0 Å². The second-order valence-corrected chi connectivity index (χ2v) is 8.53. The number of carbonyl (C=O) groups is 1. The summed E-state index contributed by atoms with van der Waals surface area (Å²) in [5, 5.41) is 3.17. The van der Waals surface area contributed by atoms with Crippen LogP contribution in [0.5, 0.6) is 5.75 Å². The lowest BCUT2D eigenvalue weighted by atomic mass is 10.2. The van der Waals surface area contributed by atoms with Crippen LogP contribution in [-0.4, -0.2) is 69.4 Å². The summed E-state index contributed by atoms with van der Waals surface area (Å²) in [6, 6.07) is 4.76. The molecule has 1 amide bonds. The van der Waals surface area contributed by atoms with Crippen molar-refractivity contribution in [1.29, 1.82) is 0 Å². The van der Waals surface area contributed by atoms with Crippen LogP contribution in [0.25, 0.3) is 0 Å². The third kappa shape index (κ3) is 5.57.